The number of nitrogens with zero attached hydrogens (tertiary/aromatic N) is 2. The smallest absolute Gasteiger partial charge is 0.111 e. The molecule has 0 bridgehead atoms. The summed E-state index contributed by atoms with van der Waals surface area (Å²) in [5.41, 5.74) is 8.67. The third-order valence-corrected chi connectivity index (χ3v) is 4.35. The maximum Gasteiger partial charge on any atom is 0.111 e. The van der Waals surface area contributed by atoms with E-state index in [4.69, 9.17) is 10.7 Å². The largest absolute Gasteiger partial charge is 0.328 e. The summed E-state index contributed by atoms with van der Waals surface area (Å²) in [7, 11) is 0. The van der Waals surface area contributed by atoms with Gasteiger partial charge in [0.2, 0.25) is 0 Å². The summed E-state index contributed by atoms with van der Waals surface area (Å²) < 4.78 is 2.29. The van der Waals surface area contributed by atoms with E-state index < -0.39 is 0 Å². The first kappa shape index (κ1) is 14.1. The Hall–Kier alpha value is -1.35. The van der Waals surface area contributed by atoms with Crippen LogP contribution in [0.3, 0.4) is 0 Å². The fourth-order valence-corrected chi connectivity index (χ4v) is 2.64. The average molecular weight is 259 g/mol. The Morgan fingerprint density at radius 1 is 1.26 bits per heavy atom. The molecule has 19 heavy (non-hydrogen) atoms. The van der Waals surface area contributed by atoms with Crippen LogP contribution in [0.2, 0.25) is 0 Å². The fraction of sp³-hybridized carbons (Fsp3) is 0.562. The summed E-state index contributed by atoms with van der Waals surface area (Å²) in [5.74, 6) is 1.56. The third-order valence-electron chi connectivity index (χ3n) is 4.35. The quantitative estimate of drug-likeness (QED) is 0.894. The van der Waals surface area contributed by atoms with Gasteiger partial charge in [-0.05, 0) is 31.4 Å². The first-order valence-corrected chi connectivity index (χ1v) is 7.24. The first-order chi connectivity index (χ1) is 9.01. The summed E-state index contributed by atoms with van der Waals surface area (Å²) >= 11 is 0. The van der Waals surface area contributed by atoms with Gasteiger partial charge in [-0.1, -0.05) is 32.9 Å². The van der Waals surface area contributed by atoms with E-state index in [-0.39, 0.29) is 5.54 Å². The molecule has 0 amide bonds. The minimum atomic E-state index is -0.172. The topological polar surface area (TPSA) is 43.8 Å². The predicted molar refractivity (Wildman–Crippen MR) is 81.2 cm³/mol. The van der Waals surface area contributed by atoms with Crippen molar-refractivity contribution in [2.75, 3.05) is 0 Å². The van der Waals surface area contributed by atoms with Gasteiger partial charge in [-0.15, -0.1) is 0 Å². The van der Waals surface area contributed by atoms with E-state index in [0.717, 1.165) is 30.7 Å². The van der Waals surface area contributed by atoms with Crippen molar-refractivity contribution >= 4 is 11.0 Å². The minimum absolute atomic E-state index is 0.172. The number of hydrogen-bond acceptors (Lipinski definition) is 2. The molecule has 1 unspecified atom stereocenters. The number of nitrogens with two attached hydrogens (primary N) is 1. The maximum absolute atomic E-state index is 6.56. The van der Waals surface area contributed by atoms with Gasteiger partial charge in [-0.2, -0.15) is 0 Å². The van der Waals surface area contributed by atoms with Gasteiger partial charge in [0.05, 0.1) is 11.0 Å². The van der Waals surface area contributed by atoms with Crippen molar-refractivity contribution in [3.8, 4) is 0 Å². The van der Waals surface area contributed by atoms with Gasteiger partial charge in [0.1, 0.15) is 5.82 Å². The molecule has 1 heterocycles. The maximum atomic E-state index is 6.56. The van der Waals surface area contributed by atoms with Crippen LogP contribution in [0.5, 0.6) is 0 Å². The fourth-order valence-electron chi connectivity index (χ4n) is 2.64. The van der Waals surface area contributed by atoms with Crippen molar-refractivity contribution in [3.63, 3.8) is 0 Å². The molecule has 1 aromatic heterocycles. The highest BCUT2D eigenvalue weighted by Crippen LogP contribution is 2.25. The molecule has 0 aliphatic carbocycles. The summed E-state index contributed by atoms with van der Waals surface area (Å²) in [6.45, 7) is 9.66. The Kier molecular flexibility index (Phi) is 3.95. The molecule has 0 aliphatic heterocycles. The van der Waals surface area contributed by atoms with Crippen molar-refractivity contribution in [2.45, 2.75) is 52.6 Å². The SMILES string of the molecule is CCn1c(CC(N)(CC)C(C)C)nc2ccccc21. The van der Waals surface area contributed by atoms with Crippen LogP contribution < -0.4 is 5.73 Å². The summed E-state index contributed by atoms with van der Waals surface area (Å²) in [6, 6.07) is 8.31. The number of imidazole rings is 1. The molecule has 2 aromatic rings. The average Bonchev–Trinajstić information content (AvgIpc) is 2.75. The van der Waals surface area contributed by atoms with Crippen LogP contribution in [-0.2, 0) is 13.0 Å². The number of rotatable bonds is 5. The Bertz CT molecular complexity index is 556. The van der Waals surface area contributed by atoms with Crippen LogP contribution in [0.1, 0.15) is 39.9 Å². The number of aryl methyl sites for hydroxylation is 1. The summed E-state index contributed by atoms with van der Waals surface area (Å²) in [6.07, 6.45) is 1.81. The molecule has 3 nitrogen and oxygen atoms in total. The second kappa shape index (κ2) is 5.33. The molecule has 104 valence electrons. The van der Waals surface area contributed by atoms with Crippen molar-refractivity contribution in [1.82, 2.24) is 9.55 Å². The molecule has 0 saturated heterocycles. The van der Waals surface area contributed by atoms with Gasteiger partial charge in [0.15, 0.2) is 0 Å². The summed E-state index contributed by atoms with van der Waals surface area (Å²) in [4.78, 5) is 4.78. The lowest BCUT2D eigenvalue weighted by atomic mass is 9.82. The van der Waals surface area contributed by atoms with Crippen LogP contribution in [-0.4, -0.2) is 15.1 Å². The predicted octanol–water partition coefficient (Wildman–Crippen LogP) is 3.36. The van der Waals surface area contributed by atoms with E-state index in [9.17, 15) is 0 Å². The van der Waals surface area contributed by atoms with E-state index in [1.807, 2.05) is 6.07 Å². The normalized spacial score (nSPS) is 15.1. The van der Waals surface area contributed by atoms with E-state index in [0.29, 0.717) is 5.92 Å². The Morgan fingerprint density at radius 3 is 2.53 bits per heavy atom. The van der Waals surface area contributed by atoms with E-state index >= 15 is 0 Å². The Balaban J connectivity index is 2.45. The van der Waals surface area contributed by atoms with Crippen LogP contribution >= 0.6 is 0 Å². The number of para-hydroxylation sites is 2. The standard InChI is InChI=1S/C16H25N3/c1-5-16(17,12(3)4)11-15-18-13-9-7-8-10-14(13)19(15)6-2/h7-10,12H,5-6,11,17H2,1-4H3. The van der Waals surface area contributed by atoms with Gasteiger partial charge in [-0.25, -0.2) is 4.98 Å². The molecule has 2 N–H and O–H groups in total. The van der Waals surface area contributed by atoms with Crippen molar-refractivity contribution in [1.29, 1.82) is 0 Å². The van der Waals surface area contributed by atoms with Crippen LogP contribution in [0.25, 0.3) is 11.0 Å². The molecule has 1 aromatic carbocycles. The second-order valence-corrected chi connectivity index (χ2v) is 5.68. The van der Waals surface area contributed by atoms with E-state index in [2.05, 4.69) is 50.5 Å². The van der Waals surface area contributed by atoms with Gasteiger partial charge >= 0.3 is 0 Å². The molecule has 0 aliphatic rings. The van der Waals surface area contributed by atoms with Crippen LogP contribution in [0, 0.1) is 5.92 Å². The lowest BCUT2D eigenvalue weighted by molar-refractivity contribution is 0.288. The molecule has 0 spiro atoms. The van der Waals surface area contributed by atoms with Gasteiger partial charge in [0, 0.05) is 18.5 Å². The van der Waals surface area contributed by atoms with Crippen molar-refractivity contribution in [2.24, 2.45) is 11.7 Å². The van der Waals surface area contributed by atoms with E-state index in [1.165, 1.54) is 5.52 Å². The Labute approximate surface area is 115 Å². The molecule has 0 saturated carbocycles. The number of aromatic nitrogens is 2. The number of benzene rings is 1. The molecule has 0 fully saturated rings. The zero-order valence-corrected chi connectivity index (χ0v) is 12.5. The lowest BCUT2D eigenvalue weighted by Gasteiger charge is -2.32. The molecular weight excluding hydrogens is 234 g/mol. The molecular formula is C16H25N3. The van der Waals surface area contributed by atoms with Crippen molar-refractivity contribution < 1.29 is 0 Å². The third kappa shape index (κ3) is 2.52. The minimum Gasteiger partial charge on any atom is -0.328 e. The number of fused-ring (bicyclic) bond motifs is 1. The number of hydrogen-bond donors (Lipinski definition) is 1. The highest BCUT2D eigenvalue weighted by Gasteiger charge is 2.29. The molecule has 1 atom stereocenters. The zero-order chi connectivity index (χ0) is 14.0. The van der Waals surface area contributed by atoms with Crippen LogP contribution in [0.15, 0.2) is 24.3 Å². The Morgan fingerprint density at radius 2 is 1.95 bits per heavy atom. The molecule has 3 heteroatoms. The molecule has 2 rings (SSSR count). The highest BCUT2D eigenvalue weighted by molar-refractivity contribution is 5.75. The van der Waals surface area contributed by atoms with Gasteiger partial charge in [0.25, 0.3) is 0 Å². The van der Waals surface area contributed by atoms with Gasteiger partial charge in [-0.3, -0.25) is 0 Å². The van der Waals surface area contributed by atoms with Crippen molar-refractivity contribution in [3.05, 3.63) is 30.1 Å². The highest BCUT2D eigenvalue weighted by atomic mass is 15.1. The van der Waals surface area contributed by atoms with E-state index in [1.54, 1.807) is 0 Å². The molecule has 0 radical (unpaired) electrons. The van der Waals surface area contributed by atoms with Crippen LogP contribution in [0.4, 0.5) is 0 Å². The monoisotopic (exact) mass is 259 g/mol. The lowest BCUT2D eigenvalue weighted by Crippen LogP contribution is -2.47. The first-order valence-electron chi connectivity index (χ1n) is 7.24. The summed E-state index contributed by atoms with van der Waals surface area (Å²) in [5, 5.41) is 0. The zero-order valence-electron chi connectivity index (χ0n) is 12.5. The second-order valence-electron chi connectivity index (χ2n) is 5.68. The van der Waals surface area contributed by atoms with Gasteiger partial charge < -0.3 is 10.3 Å².